The molecule has 2 aromatic rings. The van der Waals surface area contributed by atoms with Crippen LogP contribution >= 0.6 is 27.7 Å². The molecule has 2 aromatic carbocycles. The molecule has 102 valence electrons. The van der Waals surface area contributed by atoms with E-state index in [1.165, 1.54) is 12.1 Å². The predicted molar refractivity (Wildman–Crippen MR) is 78.3 cm³/mol. The smallest absolute Gasteiger partial charge is 0.336 e. The third kappa shape index (κ3) is 3.17. The Morgan fingerprint density at radius 2 is 1.90 bits per heavy atom. The third-order valence-electron chi connectivity index (χ3n) is 2.46. The van der Waals surface area contributed by atoms with Crippen LogP contribution in [0.25, 0.3) is 0 Å². The van der Waals surface area contributed by atoms with Crippen LogP contribution in [-0.4, -0.2) is 16.0 Å². The Bertz CT molecular complexity index is 690. The molecule has 0 aliphatic heterocycles. The molecule has 2 rings (SSSR count). The average molecular weight is 354 g/mol. The normalized spacial score (nSPS) is 10.2. The van der Waals surface area contributed by atoms with Gasteiger partial charge in [0.2, 0.25) is 0 Å². The van der Waals surface area contributed by atoms with Crippen molar-refractivity contribution in [2.75, 3.05) is 0 Å². The summed E-state index contributed by atoms with van der Waals surface area (Å²) in [5, 5.41) is 20.1. The zero-order valence-corrected chi connectivity index (χ0v) is 12.3. The van der Waals surface area contributed by atoms with Crippen molar-refractivity contribution < 1.29 is 14.8 Å². The molecule has 0 spiro atoms. The van der Waals surface area contributed by atoms with Crippen LogP contribution in [0.4, 0.5) is 5.69 Å². The fraction of sp³-hybridized carbons (Fsp3) is 0. The molecule has 0 unspecified atom stereocenters. The Morgan fingerprint density at radius 1 is 1.20 bits per heavy atom. The van der Waals surface area contributed by atoms with Gasteiger partial charge in [0.25, 0.3) is 5.69 Å². The Labute approximate surface area is 126 Å². The van der Waals surface area contributed by atoms with Crippen LogP contribution in [0.15, 0.2) is 56.7 Å². The first kappa shape index (κ1) is 14.5. The van der Waals surface area contributed by atoms with Crippen LogP contribution in [0.2, 0.25) is 0 Å². The van der Waals surface area contributed by atoms with Gasteiger partial charge < -0.3 is 5.11 Å². The summed E-state index contributed by atoms with van der Waals surface area (Å²) in [4.78, 5) is 22.5. The van der Waals surface area contributed by atoms with Gasteiger partial charge in [-0.15, -0.1) is 0 Å². The Morgan fingerprint density at radius 3 is 2.55 bits per heavy atom. The summed E-state index contributed by atoms with van der Waals surface area (Å²) in [7, 11) is 0. The van der Waals surface area contributed by atoms with Crippen LogP contribution in [0.1, 0.15) is 10.4 Å². The monoisotopic (exact) mass is 353 g/mol. The second kappa shape index (κ2) is 6.06. The van der Waals surface area contributed by atoms with Crippen LogP contribution in [0.3, 0.4) is 0 Å². The van der Waals surface area contributed by atoms with Gasteiger partial charge in [-0.3, -0.25) is 10.1 Å². The quantitative estimate of drug-likeness (QED) is 0.657. The zero-order chi connectivity index (χ0) is 14.7. The van der Waals surface area contributed by atoms with Crippen molar-refractivity contribution in [3.8, 4) is 0 Å². The molecule has 1 N–H and O–H groups in total. The molecule has 0 fully saturated rings. The van der Waals surface area contributed by atoms with Gasteiger partial charge in [0, 0.05) is 15.4 Å². The highest BCUT2D eigenvalue weighted by molar-refractivity contribution is 9.10. The summed E-state index contributed by atoms with van der Waals surface area (Å²) >= 11 is 4.31. The van der Waals surface area contributed by atoms with Crippen LogP contribution in [0, 0.1) is 10.1 Å². The number of aromatic carboxylic acids is 1. The third-order valence-corrected chi connectivity index (χ3v) is 4.07. The second-order valence-corrected chi connectivity index (χ2v) is 5.77. The number of carboxylic acids is 1. The fourth-order valence-corrected chi connectivity index (χ4v) is 3.17. The number of benzene rings is 2. The molecule has 7 heteroatoms. The van der Waals surface area contributed by atoms with Crippen molar-refractivity contribution in [3.05, 3.63) is 62.6 Å². The standard InChI is InChI=1S/C13H8BrNO4S/c14-8-5-6-10(15(18)19)12(7-8)20-11-4-2-1-3-9(11)13(16)17/h1-7H,(H,16,17). The minimum Gasteiger partial charge on any atom is -0.478 e. The molecule has 0 saturated heterocycles. The highest BCUT2D eigenvalue weighted by atomic mass is 79.9. The Balaban J connectivity index is 2.47. The van der Waals surface area contributed by atoms with Crippen molar-refractivity contribution in [1.29, 1.82) is 0 Å². The van der Waals surface area contributed by atoms with Crippen molar-refractivity contribution in [1.82, 2.24) is 0 Å². The van der Waals surface area contributed by atoms with Gasteiger partial charge >= 0.3 is 5.97 Å². The molecule has 0 heterocycles. The highest BCUT2D eigenvalue weighted by Gasteiger charge is 2.18. The van der Waals surface area contributed by atoms with E-state index >= 15 is 0 Å². The molecule has 0 saturated carbocycles. The summed E-state index contributed by atoms with van der Waals surface area (Å²) in [6.45, 7) is 0. The van der Waals surface area contributed by atoms with Crippen LogP contribution in [-0.2, 0) is 0 Å². The first-order valence-electron chi connectivity index (χ1n) is 5.43. The first-order chi connectivity index (χ1) is 9.49. The lowest BCUT2D eigenvalue weighted by Crippen LogP contribution is -1.98. The van der Waals surface area contributed by atoms with Gasteiger partial charge in [0.15, 0.2) is 0 Å². The molecule has 0 radical (unpaired) electrons. The van der Waals surface area contributed by atoms with Gasteiger partial charge in [-0.25, -0.2) is 4.79 Å². The molecular weight excluding hydrogens is 346 g/mol. The van der Waals surface area contributed by atoms with Gasteiger partial charge in [-0.2, -0.15) is 0 Å². The summed E-state index contributed by atoms with van der Waals surface area (Å²) in [6.07, 6.45) is 0. The Kier molecular flexibility index (Phi) is 4.41. The average Bonchev–Trinajstić information content (AvgIpc) is 2.38. The maximum absolute atomic E-state index is 11.1. The molecule has 0 aromatic heterocycles. The number of carbonyl (C=O) groups is 1. The molecular formula is C13H8BrNO4S. The highest BCUT2D eigenvalue weighted by Crippen LogP contribution is 2.37. The largest absolute Gasteiger partial charge is 0.478 e. The molecule has 20 heavy (non-hydrogen) atoms. The number of nitro groups is 1. The maximum Gasteiger partial charge on any atom is 0.336 e. The molecule has 0 aliphatic rings. The number of halogens is 1. The van der Waals surface area contributed by atoms with Gasteiger partial charge in [-0.05, 0) is 24.3 Å². The SMILES string of the molecule is O=C(O)c1ccccc1Sc1cc(Br)ccc1[N+](=O)[O-]. The predicted octanol–water partition coefficient (Wildman–Crippen LogP) is 4.21. The molecule has 0 aliphatic carbocycles. The molecule has 0 amide bonds. The summed E-state index contributed by atoms with van der Waals surface area (Å²) in [5.74, 6) is -1.06. The van der Waals surface area contributed by atoms with E-state index < -0.39 is 10.9 Å². The van der Waals surface area contributed by atoms with Crippen molar-refractivity contribution >= 4 is 39.3 Å². The van der Waals surface area contributed by atoms with Crippen molar-refractivity contribution in [2.24, 2.45) is 0 Å². The van der Waals surface area contributed by atoms with E-state index in [-0.39, 0.29) is 11.3 Å². The van der Waals surface area contributed by atoms with Crippen molar-refractivity contribution in [2.45, 2.75) is 9.79 Å². The number of nitro benzene ring substituents is 1. The van der Waals surface area contributed by atoms with Gasteiger partial charge in [-0.1, -0.05) is 39.8 Å². The van der Waals surface area contributed by atoms with E-state index in [1.54, 1.807) is 30.3 Å². The van der Waals surface area contributed by atoms with Crippen molar-refractivity contribution in [3.63, 3.8) is 0 Å². The first-order valence-corrected chi connectivity index (χ1v) is 7.04. The van der Waals surface area contributed by atoms with E-state index in [0.29, 0.717) is 14.3 Å². The molecule has 0 bridgehead atoms. The lowest BCUT2D eigenvalue weighted by atomic mass is 10.2. The maximum atomic E-state index is 11.1. The van der Waals surface area contributed by atoms with Gasteiger partial charge in [0.05, 0.1) is 15.4 Å². The van der Waals surface area contributed by atoms with E-state index in [1.807, 2.05) is 0 Å². The number of nitrogens with zero attached hydrogens (tertiary/aromatic N) is 1. The van der Waals surface area contributed by atoms with E-state index in [9.17, 15) is 14.9 Å². The summed E-state index contributed by atoms with van der Waals surface area (Å²) in [6, 6.07) is 11.0. The van der Waals surface area contributed by atoms with Crippen LogP contribution in [0.5, 0.6) is 0 Å². The molecule has 0 atom stereocenters. The van der Waals surface area contributed by atoms with E-state index in [2.05, 4.69) is 15.9 Å². The minimum absolute atomic E-state index is 0.0570. The van der Waals surface area contributed by atoms with E-state index in [0.717, 1.165) is 11.8 Å². The number of hydrogen-bond acceptors (Lipinski definition) is 4. The Hall–Kier alpha value is -1.86. The van der Waals surface area contributed by atoms with E-state index in [4.69, 9.17) is 5.11 Å². The number of rotatable bonds is 4. The fourth-order valence-electron chi connectivity index (χ4n) is 1.57. The van der Waals surface area contributed by atoms with Crippen LogP contribution < -0.4 is 0 Å². The summed E-state index contributed by atoms with van der Waals surface area (Å²) < 4.78 is 0.693. The lowest BCUT2D eigenvalue weighted by Gasteiger charge is -2.06. The number of carboxylic acid groups (broad SMARTS) is 1. The van der Waals surface area contributed by atoms with Gasteiger partial charge in [0.1, 0.15) is 0 Å². The molecule has 5 nitrogen and oxygen atoms in total. The topological polar surface area (TPSA) is 80.4 Å². The lowest BCUT2D eigenvalue weighted by molar-refractivity contribution is -0.387. The second-order valence-electron chi connectivity index (χ2n) is 3.77. The zero-order valence-electron chi connectivity index (χ0n) is 9.95. The summed E-state index contributed by atoms with van der Waals surface area (Å²) in [5.41, 5.74) is 0.0603. The number of hydrogen-bond donors (Lipinski definition) is 1. The minimum atomic E-state index is -1.06.